The van der Waals surface area contributed by atoms with E-state index in [4.69, 9.17) is 0 Å². The Morgan fingerprint density at radius 2 is 1.40 bits per heavy atom. The van der Waals surface area contributed by atoms with E-state index in [9.17, 15) is 14.2 Å². The largest absolute Gasteiger partial charge is 0.596 e. The first-order valence-electron chi connectivity index (χ1n) is 2.54. The van der Waals surface area contributed by atoms with Crippen LogP contribution in [0.5, 0.6) is 0 Å². The summed E-state index contributed by atoms with van der Waals surface area (Å²) < 4.78 is 10.5. The van der Waals surface area contributed by atoms with E-state index < -0.39 is 19.9 Å². The van der Waals surface area contributed by atoms with E-state index in [1.165, 1.54) is 13.8 Å². The van der Waals surface area contributed by atoms with Gasteiger partial charge in [-0.15, -0.1) is 10.2 Å². The van der Waals surface area contributed by atoms with Crippen LogP contribution in [0.2, 0.25) is 0 Å². The predicted molar refractivity (Wildman–Crippen MR) is 35.2 cm³/mol. The molecule has 0 aliphatic rings. The molecule has 0 aromatic carbocycles. The van der Waals surface area contributed by atoms with Crippen molar-refractivity contribution in [2.24, 2.45) is 0 Å². The Morgan fingerprint density at radius 1 is 1.10 bits per heavy atom. The molecule has 2 N–H and O–H groups in total. The maximum atomic E-state index is 10.5. The predicted octanol–water partition coefficient (Wildman–Crippen LogP) is -0.0840. The smallest absolute Gasteiger partial charge is 0.272 e. The number of carbonyl (C=O) groups is 2. The molecule has 0 unspecified atom stereocenters. The van der Waals surface area contributed by atoms with Gasteiger partial charge in [0.1, 0.15) is 0 Å². The number of amides is 2. The first kappa shape index (κ1) is 9.04. The summed E-state index contributed by atoms with van der Waals surface area (Å²) in [6, 6.07) is 0. The van der Waals surface area contributed by atoms with Gasteiger partial charge in [-0.3, -0.25) is 9.59 Å². The Balaban J connectivity index is 3.65. The fourth-order valence-corrected chi connectivity index (χ4v) is 0.942. The lowest BCUT2D eigenvalue weighted by molar-refractivity contribution is -0.117. The average Bonchev–Trinajstić information content (AvgIpc) is 1.58. The highest BCUT2D eigenvalue weighted by Crippen LogP contribution is 2.04. The molecule has 0 saturated heterocycles. The molecule has 0 rings (SSSR count). The molecule has 0 saturated carbocycles. The monoisotopic (exact) mass is 163 g/mol. The van der Waals surface area contributed by atoms with Gasteiger partial charge in [-0.25, -0.2) is 0 Å². The zero-order valence-electron chi connectivity index (χ0n) is 5.67. The number of rotatable bonds is 2. The highest BCUT2D eigenvalue weighted by Gasteiger charge is 2.17. The van der Waals surface area contributed by atoms with Crippen molar-refractivity contribution < 1.29 is 14.2 Å². The molecule has 0 heterocycles. The maximum Gasteiger partial charge on any atom is 0.596 e. The molecule has 0 aliphatic carbocycles. The van der Waals surface area contributed by atoms with Gasteiger partial charge in [0.25, 0.3) is 11.8 Å². The molecule has 0 radical (unpaired) electrons. The van der Waals surface area contributed by atoms with Crippen LogP contribution in [-0.4, -0.2) is 11.8 Å². The van der Waals surface area contributed by atoms with Crippen molar-refractivity contribution in [1.29, 1.82) is 0 Å². The molecule has 0 atom stereocenters. The van der Waals surface area contributed by atoms with E-state index in [-0.39, 0.29) is 0 Å². The molecule has 0 aromatic rings. The molecular formula is C4H8N2O3P+. The van der Waals surface area contributed by atoms with Gasteiger partial charge in [0.15, 0.2) is 0 Å². The van der Waals surface area contributed by atoms with E-state index in [1.54, 1.807) is 0 Å². The minimum absolute atomic E-state index is 0.435. The third-order valence-corrected chi connectivity index (χ3v) is 1.55. The van der Waals surface area contributed by atoms with Gasteiger partial charge in [-0.2, -0.15) is 0 Å². The van der Waals surface area contributed by atoms with Gasteiger partial charge in [-0.05, 0) is 4.57 Å². The molecule has 6 heteroatoms. The Hall–Kier alpha value is -0.960. The summed E-state index contributed by atoms with van der Waals surface area (Å²) >= 11 is 0. The van der Waals surface area contributed by atoms with E-state index >= 15 is 0 Å². The van der Waals surface area contributed by atoms with Crippen LogP contribution in [0, 0.1) is 0 Å². The Morgan fingerprint density at radius 3 is 1.60 bits per heavy atom. The number of nitrogens with one attached hydrogen (secondary N) is 2. The first-order chi connectivity index (χ1) is 4.52. The van der Waals surface area contributed by atoms with Crippen molar-refractivity contribution >= 4 is 19.9 Å². The average molecular weight is 163 g/mol. The van der Waals surface area contributed by atoms with Crippen molar-refractivity contribution in [1.82, 2.24) is 10.2 Å². The third kappa shape index (κ3) is 5.18. The lowest BCUT2D eigenvalue weighted by atomic mass is 10.8. The van der Waals surface area contributed by atoms with Gasteiger partial charge in [0.05, 0.1) is 0 Å². The Bertz CT molecular complexity index is 161. The standard InChI is InChI=1S/C4H7N2O3P/c1-3(7)5-10(9)6-4(2)8/h1-2H3,(H-,5,6,7,8,9)/p+1. The highest BCUT2D eigenvalue weighted by molar-refractivity contribution is 7.41. The van der Waals surface area contributed by atoms with Gasteiger partial charge < -0.3 is 0 Å². The van der Waals surface area contributed by atoms with Crippen LogP contribution in [-0.2, 0) is 14.2 Å². The maximum absolute atomic E-state index is 10.5. The second kappa shape index (κ2) is 3.95. The molecule has 0 fully saturated rings. The van der Waals surface area contributed by atoms with Crippen LogP contribution in [0.4, 0.5) is 0 Å². The highest BCUT2D eigenvalue weighted by atomic mass is 31.1. The summed E-state index contributed by atoms with van der Waals surface area (Å²) in [5, 5.41) is 4.02. The van der Waals surface area contributed by atoms with E-state index in [1.807, 2.05) is 10.2 Å². The number of carbonyl (C=O) groups excluding carboxylic acids is 2. The van der Waals surface area contributed by atoms with Crippen molar-refractivity contribution in [3.63, 3.8) is 0 Å². The Labute approximate surface area is 59.1 Å². The van der Waals surface area contributed by atoms with Crippen LogP contribution in [0.1, 0.15) is 13.8 Å². The SMILES string of the molecule is CC(=O)N[P+](=O)NC(C)=O. The molecule has 0 aromatic heterocycles. The zero-order chi connectivity index (χ0) is 8.15. The normalized spacial score (nSPS) is 8.20. The molecule has 0 aliphatic heterocycles. The summed E-state index contributed by atoms with van der Waals surface area (Å²) in [5.41, 5.74) is 0. The molecule has 56 valence electrons. The lowest BCUT2D eigenvalue weighted by Crippen LogP contribution is -2.21. The first-order valence-corrected chi connectivity index (χ1v) is 3.80. The van der Waals surface area contributed by atoms with E-state index in [0.29, 0.717) is 0 Å². The summed E-state index contributed by atoms with van der Waals surface area (Å²) in [5.74, 6) is -0.871. The third-order valence-electron chi connectivity index (χ3n) is 0.518. The van der Waals surface area contributed by atoms with Gasteiger partial charge in [0, 0.05) is 13.8 Å². The molecule has 5 nitrogen and oxygen atoms in total. The zero-order valence-corrected chi connectivity index (χ0v) is 6.57. The topological polar surface area (TPSA) is 75.3 Å². The molecular weight excluding hydrogens is 155 g/mol. The van der Waals surface area contributed by atoms with Gasteiger partial charge in [0.2, 0.25) is 0 Å². The second-order valence-corrected chi connectivity index (χ2v) is 2.67. The molecule has 0 spiro atoms. The molecule has 2 amide bonds. The molecule has 10 heavy (non-hydrogen) atoms. The van der Waals surface area contributed by atoms with Crippen molar-refractivity contribution in [2.75, 3.05) is 0 Å². The number of hydrogen-bond donors (Lipinski definition) is 2. The fourth-order valence-electron chi connectivity index (χ4n) is 0.314. The summed E-state index contributed by atoms with van der Waals surface area (Å²) in [7, 11) is -2.11. The van der Waals surface area contributed by atoms with E-state index in [0.717, 1.165) is 0 Å². The van der Waals surface area contributed by atoms with E-state index in [2.05, 4.69) is 0 Å². The van der Waals surface area contributed by atoms with Crippen molar-refractivity contribution in [3.8, 4) is 0 Å². The summed E-state index contributed by atoms with van der Waals surface area (Å²) in [6.45, 7) is 2.43. The lowest BCUT2D eigenvalue weighted by Gasteiger charge is -1.84. The molecule has 0 bridgehead atoms. The summed E-state index contributed by atoms with van der Waals surface area (Å²) in [4.78, 5) is 20.4. The van der Waals surface area contributed by atoms with Crippen LogP contribution in [0.15, 0.2) is 0 Å². The van der Waals surface area contributed by atoms with Crippen molar-refractivity contribution in [3.05, 3.63) is 0 Å². The van der Waals surface area contributed by atoms with Gasteiger partial charge in [-0.1, -0.05) is 0 Å². The fraction of sp³-hybridized carbons (Fsp3) is 0.500. The summed E-state index contributed by atoms with van der Waals surface area (Å²) in [6.07, 6.45) is 0. The minimum Gasteiger partial charge on any atom is -0.272 e. The van der Waals surface area contributed by atoms with Gasteiger partial charge >= 0.3 is 8.10 Å². The van der Waals surface area contributed by atoms with Crippen LogP contribution < -0.4 is 10.2 Å². The second-order valence-electron chi connectivity index (χ2n) is 1.63. The van der Waals surface area contributed by atoms with Crippen LogP contribution >= 0.6 is 8.10 Å². The minimum atomic E-state index is -2.11. The van der Waals surface area contributed by atoms with Crippen LogP contribution in [0.3, 0.4) is 0 Å². The van der Waals surface area contributed by atoms with Crippen LogP contribution in [0.25, 0.3) is 0 Å². The Kier molecular flexibility index (Phi) is 3.57. The van der Waals surface area contributed by atoms with Crippen molar-refractivity contribution in [2.45, 2.75) is 13.8 Å². The quantitative estimate of drug-likeness (QED) is 0.559. The number of hydrogen-bond acceptors (Lipinski definition) is 3.